The van der Waals surface area contributed by atoms with Crippen LogP contribution in [0.2, 0.25) is 0 Å². The van der Waals surface area contributed by atoms with Crippen LogP contribution in [-0.4, -0.2) is 21.9 Å². The van der Waals surface area contributed by atoms with E-state index in [0.717, 1.165) is 24.1 Å². The van der Waals surface area contributed by atoms with Gasteiger partial charge >= 0.3 is 5.97 Å². The topological polar surface area (TPSA) is 91.4 Å². The summed E-state index contributed by atoms with van der Waals surface area (Å²) in [5, 5.41) is 0. The molecule has 2 aromatic carbocycles. The van der Waals surface area contributed by atoms with Crippen molar-refractivity contribution in [1.29, 1.82) is 0 Å². The number of aromatic nitrogens is 1. The van der Waals surface area contributed by atoms with Crippen molar-refractivity contribution in [2.75, 3.05) is 5.73 Å². The minimum Gasteiger partial charge on any atom is -0.460 e. The molecule has 202 valence electrons. The molecule has 3 rings (SSSR count). The summed E-state index contributed by atoms with van der Waals surface area (Å²) in [4.78, 5) is 38.2. The number of benzene rings is 2. The van der Waals surface area contributed by atoms with Crippen molar-refractivity contribution in [2.45, 2.75) is 65.9 Å². The van der Waals surface area contributed by atoms with E-state index in [1.54, 1.807) is 12.1 Å². The predicted octanol–water partition coefficient (Wildman–Crippen LogP) is 6.01. The van der Waals surface area contributed by atoms with Gasteiger partial charge in [0.05, 0.1) is 22.2 Å². The monoisotopic (exact) mass is 524 g/mol. The average molecular weight is 525 g/mol. The largest absolute Gasteiger partial charge is 0.460 e. The molecule has 0 fully saturated rings. The molecule has 3 aromatic rings. The van der Waals surface area contributed by atoms with Crippen LogP contribution in [0, 0.1) is 17.0 Å². The van der Waals surface area contributed by atoms with Crippen molar-refractivity contribution in [3.8, 4) is 5.69 Å². The van der Waals surface area contributed by atoms with Gasteiger partial charge in [-0.3, -0.25) is 19.0 Å². The third kappa shape index (κ3) is 6.54. The standard InChI is InChI=1S/C30H34F2N2O4/c1-6-30(5,28(37)38-29(2,3)4)17-7-8-19-9-12-21(13-10-19)34-25(35)16-15-23(27(34)33)26(36)22-14-11-20(31)18-24(22)32/h9-16,18H,6-8,17,33H2,1-5H3/t30-/m1/s1. The highest BCUT2D eigenvalue weighted by Gasteiger charge is 2.35. The molecule has 0 saturated heterocycles. The number of nitrogens with two attached hydrogens (primary N) is 1. The maximum atomic E-state index is 14.2. The molecule has 0 saturated carbocycles. The molecule has 0 aliphatic rings. The molecular weight excluding hydrogens is 490 g/mol. The molecule has 0 unspecified atom stereocenters. The van der Waals surface area contributed by atoms with E-state index in [1.807, 2.05) is 46.8 Å². The summed E-state index contributed by atoms with van der Waals surface area (Å²) in [5.41, 5.74) is 5.65. The molecule has 0 bridgehead atoms. The highest BCUT2D eigenvalue weighted by atomic mass is 19.1. The zero-order valence-electron chi connectivity index (χ0n) is 22.4. The summed E-state index contributed by atoms with van der Waals surface area (Å²) in [5.74, 6) is -2.92. The highest BCUT2D eigenvalue weighted by molar-refractivity contribution is 6.11. The van der Waals surface area contributed by atoms with Gasteiger partial charge in [0.25, 0.3) is 5.56 Å². The lowest BCUT2D eigenvalue weighted by molar-refractivity contribution is -0.167. The Morgan fingerprint density at radius 1 is 0.947 bits per heavy atom. The number of ether oxygens (including phenoxy) is 1. The van der Waals surface area contributed by atoms with Crippen molar-refractivity contribution >= 4 is 17.6 Å². The summed E-state index contributed by atoms with van der Waals surface area (Å²) < 4.78 is 34.2. The number of carbonyl (C=O) groups is 2. The number of carbonyl (C=O) groups excluding carboxylic acids is 2. The molecule has 1 atom stereocenters. The molecule has 38 heavy (non-hydrogen) atoms. The van der Waals surface area contributed by atoms with Gasteiger partial charge in [0.2, 0.25) is 0 Å². The van der Waals surface area contributed by atoms with E-state index in [1.165, 1.54) is 16.7 Å². The Bertz CT molecular complexity index is 1390. The second-order valence-corrected chi connectivity index (χ2v) is 10.7. The number of aryl methyl sites for hydroxylation is 1. The number of nitrogens with zero attached hydrogens (tertiary/aromatic N) is 1. The van der Waals surface area contributed by atoms with Crippen LogP contribution in [0.1, 0.15) is 75.4 Å². The summed E-state index contributed by atoms with van der Waals surface area (Å²) in [7, 11) is 0. The molecule has 8 heteroatoms. The Labute approximate surface area is 221 Å². The third-order valence-electron chi connectivity index (χ3n) is 6.61. The molecule has 6 nitrogen and oxygen atoms in total. The molecule has 2 N–H and O–H groups in total. The van der Waals surface area contributed by atoms with Crippen molar-refractivity contribution in [2.24, 2.45) is 5.41 Å². The van der Waals surface area contributed by atoms with E-state index in [-0.39, 0.29) is 22.9 Å². The van der Waals surface area contributed by atoms with Crippen LogP contribution in [0.5, 0.6) is 0 Å². The fourth-order valence-electron chi connectivity index (χ4n) is 4.15. The van der Waals surface area contributed by atoms with E-state index in [4.69, 9.17) is 10.5 Å². The first-order valence-electron chi connectivity index (χ1n) is 12.6. The third-order valence-corrected chi connectivity index (χ3v) is 6.61. The predicted molar refractivity (Wildman–Crippen MR) is 143 cm³/mol. The fraction of sp³-hybridized carbons (Fsp3) is 0.367. The zero-order chi connectivity index (χ0) is 28.3. The smallest absolute Gasteiger partial charge is 0.312 e. The number of ketones is 1. The number of halogens is 2. The molecule has 1 aromatic heterocycles. The van der Waals surface area contributed by atoms with Crippen LogP contribution >= 0.6 is 0 Å². The molecule has 0 aliphatic carbocycles. The Hall–Kier alpha value is -3.81. The van der Waals surface area contributed by atoms with Gasteiger partial charge in [0, 0.05) is 12.1 Å². The minimum absolute atomic E-state index is 0.0693. The lowest BCUT2D eigenvalue weighted by Gasteiger charge is -2.30. The summed E-state index contributed by atoms with van der Waals surface area (Å²) in [6, 6.07) is 12.2. The second-order valence-electron chi connectivity index (χ2n) is 10.7. The van der Waals surface area contributed by atoms with Gasteiger partial charge in [0.15, 0.2) is 5.78 Å². The molecular formula is C30H34F2N2O4. The van der Waals surface area contributed by atoms with Crippen molar-refractivity contribution in [3.05, 3.63) is 93.3 Å². The van der Waals surface area contributed by atoms with Gasteiger partial charge in [-0.05, 0) is 89.3 Å². The van der Waals surface area contributed by atoms with Crippen molar-refractivity contribution in [3.63, 3.8) is 0 Å². The Balaban J connectivity index is 1.77. The van der Waals surface area contributed by atoms with E-state index >= 15 is 0 Å². The lowest BCUT2D eigenvalue weighted by Crippen LogP contribution is -2.35. The van der Waals surface area contributed by atoms with Gasteiger partial charge in [-0.1, -0.05) is 19.1 Å². The van der Waals surface area contributed by atoms with Gasteiger partial charge in [0.1, 0.15) is 23.1 Å². The Morgan fingerprint density at radius 3 is 2.16 bits per heavy atom. The van der Waals surface area contributed by atoms with E-state index in [0.29, 0.717) is 31.0 Å². The van der Waals surface area contributed by atoms with Gasteiger partial charge in [-0.15, -0.1) is 0 Å². The number of rotatable bonds is 9. The van der Waals surface area contributed by atoms with Crippen LogP contribution in [0.15, 0.2) is 59.4 Å². The summed E-state index contributed by atoms with van der Waals surface area (Å²) in [6.45, 7) is 9.46. The van der Waals surface area contributed by atoms with Crippen LogP contribution in [0.25, 0.3) is 5.69 Å². The van der Waals surface area contributed by atoms with Crippen molar-refractivity contribution in [1.82, 2.24) is 4.57 Å². The number of esters is 1. The first kappa shape index (κ1) is 28.8. The highest BCUT2D eigenvalue weighted by Crippen LogP contribution is 2.32. The molecule has 1 heterocycles. The number of hydrogen-bond donors (Lipinski definition) is 1. The first-order chi connectivity index (χ1) is 17.8. The maximum absolute atomic E-state index is 14.2. The first-order valence-corrected chi connectivity index (χ1v) is 12.6. The van der Waals surface area contributed by atoms with E-state index < -0.39 is 34.0 Å². The number of nitrogen functional groups attached to an aromatic ring is 1. The van der Waals surface area contributed by atoms with Crippen LogP contribution in [0.4, 0.5) is 14.6 Å². The van der Waals surface area contributed by atoms with E-state index in [9.17, 15) is 23.2 Å². The molecule has 0 aliphatic heterocycles. The molecule has 0 amide bonds. The lowest BCUT2D eigenvalue weighted by atomic mass is 9.81. The SMILES string of the molecule is CC[C@](C)(CCCc1ccc(-n2c(N)c(C(=O)c3ccc(F)cc3F)ccc2=O)cc1)C(=O)OC(C)(C)C. The quantitative estimate of drug-likeness (QED) is 0.273. The fourth-order valence-corrected chi connectivity index (χ4v) is 4.15. The Kier molecular flexibility index (Phi) is 8.54. The molecule has 0 radical (unpaired) electrons. The van der Waals surface area contributed by atoms with Crippen LogP contribution < -0.4 is 11.3 Å². The normalized spacial score (nSPS) is 13.1. The van der Waals surface area contributed by atoms with Gasteiger partial charge < -0.3 is 10.5 Å². The second kappa shape index (κ2) is 11.3. The Morgan fingerprint density at radius 2 is 1.58 bits per heavy atom. The van der Waals surface area contributed by atoms with E-state index in [2.05, 4.69) is 0 Å². The van der Waals surface area contributed by atoms with Gasteiger partial charge in [-0.25, -0.2) is 8.78 Å². The zero-order valence-corrected chi connectivity index (χ0v) is 22.4. The van der Waals surface area contributed by atoms with Crippen LogP contribution in [-0.2, 0) is 16.0 Å². The van der Waals surface area contributed by atoms with Crippen molar-refractivity contribution < 1.29 is 23.1 Å². The van der Waals surface area contributed by atoms with Crippen LogP contribution in [0.3, 0.4) is 0 Å². The number of pyridine rings is 1. The summed E-state index contributed by atoms with van der Waals surface area (Å²) >= 11 is 0. The minimum atomic E-state index is -1.01. The number of anilines is 1. The average Bonchev–Trinajstić information content (AvgIpc) is 2.83. The van der Waals surface area contributed by atoms with Gasteiger partial charge in [-0.2, -0.15) is 0 Å². The molecule has 0 spiro atoms. The maximum Gasteiger partial charge on any atom is 0.312 e. The number of hydrogen-bond acceptors (Lipinski definition) is 5. The summed E-state index contributed by atoms with van der Waals surface area (Å²) in [6.07, 6.45) is 2.81.